The summed E-state index contributed by atoms with van der Waals surface area (Å²) in [7, 11) is 0. The van der Waals surface area contributed by atoms with Crippen LogP contribution in [0.4, 0.5) is 0 Å². The number of allylic oxidation sites excluding steroid dienone is 2. The minimum absolute atomic E-state index is 0.164. The maximum Gasteiger partial charge on any atom is 0.254 e. The highest BCUT2D eigenvalue weighted by atomic mass is 16.7. The third kappa shape index (κ3) is 3.41. The first kappa shape index (κ1) is 20.8. The van der Waals surface area contributed by atoms with Gasteiger partial charge in [-0.05, 0) is 66.6 Å². The number of hydrogen-bond acceptors (Lipinski definition) is 7. The first-order valence-electron chi connectivity index (χ1n) is 11.5. The van der Waals surface area contributed by atoms with Crippen LogP contribution in [0.5, 0.6) is 23.0 Å². The summed E-state index contributed by atoms with van der Waals surface area (Å²) >= 11 is 0. The number of imide groups is 1. The number of carbonyl (C=O) groups is 2. The van der Waals surface area contributed by atoms with E-state index in [1.807, 2.05) is 31.2 Å². The number of ether oxygens (including phenoxy) is 4. The van der Waals surface area contributed by atoms with E-state index >= 15 is 0 Å². The molecular weight excluding hydrogens is 436 g/mol. The summed E-state index contributed by atoms with van der Waals surface area (Å²) in [6, 6.07) is 11.1. The van der Waals surface area contributed by atoms with Crippen LogP contribution in [-0.4, -0.2) is 36.4 Å². The van der Waals surface area contributed by atoms with Crippen molar-refractivity contribution in [2.24, 2.45) is 28.8 Å². The van der Waals surface area contributed by atoms with Gasteiger partial charge in [0.25, 0.3) is 11.8 Å². The Balaban J connectivity index is 1.16. The zero-order chi connectivity index (χ0) is 23.2. The van der Waals surface area contributed by atoms with Crippen molar-refractivity contribution in [2.45, 2.75) is 20.0 Å². The quantitative estimate of drug-likeness (QED) is 0.357. The van der Waals surface area contributed by atoms with E-state index in [0.717, 1.165) is 22.7 Å². The maximum atomic E-state index is 12.8. The number of nitrogens with zero attached hydrogens (tertiary/aromatic N) is 2. The van der Waals surface area contributed by atoms with Gasteiger partial charge in [-0.3, -0.25) is 9.59 Å². The molecule has 34 heavy (non-hydrogen) atoms. The normalized spacial score (nSPS) is 26.1. The van der Waals surface area contributed by atoms with E-state index in [-0.39, 0.29) is 42.3 Å². The van der Waals surface area contributed by atoms with Crippen molar-refractivity contribution in [1.82, 2.24) is 5.01 Å². The molecule has 2 aliphatic heterocycles. The fourth-order valence-corrected chi connectivity index (χ4v) is 5.31. The molecule has 0 unspecified atom stereocenters. The van der Waals surface area contributed by atoms with Gasteiger partial charge < -0.3 is 18.9 Å². The van der Waals surface area contributed by atoms with Crippen molar-refractivity contribution >= 4 is 18.0 Å². The highest BCUT2D eigenvalue weighted by molar-refractivity contribution is 6.06. The Labute approximate surface area is 196 Å². The van der Waals surface area contributed by atoms with Gasteiger partial charge in [0.2, 0.25) is 6.79 Å². The first-order valence-corrected chi connectivity index (χ1v) is 11.5. The molecule has 6 rings (SSSR count). The Bertz CT molecular complexity index is 1190. The highest BCUT2D eigenvalue weighted by Gasteiger charge is 2.59. The van der Waals surface area contributed by atoms with Crippen molar-refractivity contribution in [3.8, 4) is 23.0 Å². The van der Waals surface area contributed by atoms with Crippen LogP contribution < -0.4 is 18.9 Å². The monoisotopic (exact) mass is 460 g/mol. The Morgan fingerprint density at radius 3 is 2.50 bits per heavy atom. The second-order valence-corrected chi connectivity index (χ2v) is 8.85. The van der Waals surface area contributed by atoms with E-state index in [2.05, 4.69) is 17.3 Å². The number of carbonyl (C=O) groups excluding carboxylic acids is 2. The van der Waals surface area contributed by atoms with Crippen LogP contribution in [0.15, 0.2) is 53.7 Å². The largest absolute Gasteiger partial charge is 0.490 e. The molecule has 2 amide bonds. The van der Waals surface area contributed by atoms with Crippen molar-refractivity contribution < 1.29 is 28.5 Å². The standard InChI is InChI=1S/C26H24N2O6/c1-2-31-21-9-15(3-7-19(21)32-13-16-4-8-20-22(10-16)34-14-33-20)12-27-28-25(29)23-17-5-6-18(11-17)24(23)26(28)30/h3-10,12,17-18,23-24H,2,11,13-14H2,1H3/t17-,18-,23-,24+/m0/s1. The Kier molecular flexibility index (Phi) is 5.01. The minimum atomic E-state index is -0.259. The first-order chi connectivity index (χ1) is 16.6. The number of rotatable bonds is 7. The third-order valence-corrected chi connectivity index (χ3v) is 6.87. The van der Waals surface area contributed by atoms with Gasteiger partial charge in [-0.15, -0.1) is 0 Å². The molecule has 2 aliphatic carbocycles. The number of fused-ring (bicyclic) bond motifs is 6. The molecule has 4 atom stereocenters. The molecule has 0 aromatic heterocycles. The van der Waals surface area contributed by atoms with Gasteiger partial charge in [0.05, 0.1) is 24.7 Å². The topological polar surface area (TPSA) is 86.7 Å². The van der Waals surface area contributed by atoms with Crippen LogP contribution in [0.2, 0.25) is 0 Å². The minimum Gasteiger partial charge on any atom is -0.490 e. The molecule has 0 spiro atoms. The second kappa shape index (κ2) is 8.20. The molecule has 8 heteroatoms. The number of amides is 2. The molecule has 2 aromatic rings. The predicted molar refractivity (Wildman–Crippen MR) is 122 cm³/mol. The summed E-state index contributed by atoms with van der Waals surface area (Å²) in [4.78, 5) is 25.6. The summed E-state index contributed by atoms with van der Waals surface area (Å²) in [5.74, 6) is 1.99. The summed E-state index contributed by atoms with van der Waals surface area (Å²) in [5, 5.41) is 5.30. The summed E-state index contributed by atoms with van der Waals surface area (Å²) in [6.07, 6.45) is 6.56. The molecule has 8 nitrogen and oxygen atoms in total. The van der Waals surface area contributed by atoms with Gasteiger partial charge in [0.1, 0.15) is 6.61 Å². The molecule has 174 valence electrons. The predicted octanol–water partition coefficient (Wildman–Crippen LogP) is 3.53. The number of hydrogen-bond donors (Lipinski definition) is 0. The lowest BCUT2D eigenvalue weighted by atomic mass is 9.85. The van der Waals surface area contributed by atoms with Gasteiger partial charge in [-0.25, -0.2) is 0 Å². The van der Waals surface area contributed by atoms with Gasteiger partial charge >= 0.3 is 0 Å². The van der Waals surface area contributed by atoms with Crippen molar-refractivity contribution in [1.29, 1.82) is 0 Å². The molecule has 1 saturated carbocycles. The molecule has 1 saturated heterocycles. The summed E-state index contributed by atoms with van der Waals surface area (Å²) < 4.78 is 22.5. The third-order valence-electron chi connectivity index (χ3n) is 6.87. The van der Waals surface area contributed by atoms with E-state index in [9.17, 15) is 9.59 Å². The van der Waals surface area contributed by atoms with E-state index in [1.165, 1.54) is 6.21 Å². The van der Waals surface area contributed by atoms with Crippen molar-refractivity contribution in [3.05, 3.63) is 59.7 Å². The average Bonchev–Trinajstić information content (AvgIpc) is 3.62. The van der Waals surface area contributed by atoms with Crippen LogP contribution in [-0.2, 0) is 16.2 Å². The lowest BCUT2D eigenvalue weighted by Gasteiger charge is -2.13. The molecule has 2 bridgehead atoms. The van der Waals surface area contributed by atoms with Gasteiger partial charge in [0.15, 0.2) is 23.0 Å². The fraction of sp³-hybridized carbons (Fsp3) is 0.346. The smallest absolute Gasteiger partial charge is 0.254 e. The lowest BCUT2D eigenvalue weighted by Crippen LogP contribution is -2.28. The van der Waals surface area contributed by atoms with Gasteiger partial charge in [-0.1, -0.05) is 18.2 Å². The maximum absolute atomic E-state index is 12.8. The average molecular weight is 460 g/mol. The summed E-state index contributed by atoms with van der Waals surface area (Å²) in [6.45, 7) is 2.92. The zero-order valence-electron chi connectivity index (χ0n) is 18.7. The van der Waals surface area contributed by atoms with Crippen LogP contribution in [0, 0.1) is 23.7 Å². The van der Waals surface area contributed by atoms with E-state index in [1.54, 1.807) is 12.1 Å². The van der Waals surface area contributed by atoms with E-state index in [0.29, 0.717) is 36.0 Å². The molecule has 0 N–H and O–H groups in total. The number of hydrazone groups is 1. The zero-order valence-corrected chi connectivity index (χ0v) is 18.7. The van der Waals surface area contributed by atoms with E-state index < -0.39 is 0 Å². The molecule has 0 radical (unpaired) electrons. The Hall–Kier alpha value is -3.81. The van der Waals surface area contributed by atoms with Crippen LogP contribution in [0.25, 0.3) is 0 Å². The lowest BCUT2D eigenvalue weighted by molar-refractivity contribution is -0.140. The van der Waals surface area contributed by atoms with Crippen LogP contribution in [0.3, 0.4) is 0 Å². The van der Waals surface area contributed by atoms with Gasteiger partial charge in [-0.2, -0.15) is 10.1 Å². The molecule has 4 aliphatic rings. The van der Waals surface area contributed by atoms with Crippen LogP contribution >= 0.6 is 0 Å². The Morgan fingerprint density at radius 1 is 0.971 bits per heavy atom. The SMILES string of the molecule is CCOc1cc(C=NN2C(=O)[C@@H]3[C@H](C2=O)[C@H]2C=C[C@H]3C2)ccc1OCc1ccc2c(c1)OCO2. The number of benzene rings is 2. The second-order valence-electron chi connectivity index (χ2n) is 8.85. The van der Waals surface area contributed by atoms with Crippen LogP contribution in [0.1, 0.15) is 24.5 Å². The molecule has 2 heterocycles. The van der Waals surface area contributed by atoms with E-state index in [4.69, 9.17) is 18.9 Å². The fourth-order valence-electron chi connectivity index (χ4n) is 5.31. The highest BCUT2D eigenvalue weighted by Crippen LogP contribution is 2.52. The molecule has 2 aromatic carbocycles. The molecular formula is C26H24N2O6. The van der Waals surface area contributed by atoms with Gasteiger partial charge in [0, 0.05) is 0 Å². The Morgan fingerprint density at radius 2 is 1.74 bits per heavy atom. The summed E-state index contributed by atoms with van der Waals surface area (Å²) in [5.41, 5.74) is 1.65. The van der Waals surface area contributed by atoms with Crippen molar-refractivity contribution in [3.63, 3.8) is 0 Å². The molecule has 2 fully saturated rings. The van der Waals surface area contributed by atoms with Crippen molar-refractivity contribution in [2.75, 3.05) is 13.4 Å².